The van der Waals surface area contributed by atoms with E-state index in [1.807, 2.05) is 30.3 Å². The standard InChI is InChI=1S/C23H29.C13H19.C6H5.C2H5.CH2.2ClH.Zr/c1-14-9-16-11-17-10-15(2)21(23(6,7)8)13-19(17)18(16)12-20(14)22(3,4)5;1-11-6-7-12(10-11)13(2)8-4-3-5-9-13;1-2-4-6-5-3-1;1-2;;;;/h9,12-13H,11H2,1-8H3;7,10-11H,3-5,8-9H2,1-2H3;1-5H;1H2,2H3;1H2;2*1H;/q4*-1;;;;. The quantitative estimate of drug-likeness (QED) is 0.169. The van der Waals surface area contributed by atoms with Crippen molar-refractivity contribution in [3.8, 4) is 11.1 Å². The number of halogens is 2. The monoisotopic (exact) mass is 762 g/mol. The van der Waals surface area contributed by atoms with Crippen molar-refractivity contribution in [1.82, 2.24) is 0 Å². The minimum atomic E-state index is 0. The Bertz CT molecular complexity index is 1350. The summed E-state index contributed by atoms with van der Waals surface area (Å²) in [5.74, 6) is 0.550. The van der Waals surface area contributed by atoms with Crippen LogP contribution < -0.4 is 0 Å². The van der Waals surface area contributed by atoms with E-state index in [0.29, 0.717) is 11.3 Å². The van der Waals surface area contributed by atoms with Crippen molar-refractivity contribution in [3.63, 3.8) is 0 Å². The number of aryl methyl sites for hydroxylation is 2. The molecule has 0 bridgehead atoms. The van der Waals surface area contributed by atoms with Crippen molar-refractivity contribution in [3.05, 3.63) is 125 Å². The minimum absolute atomic E-state index is 0. The van der Waals surface area contributed by atoms with E-state index in [2.05, 4.69) is 129 Å². The first-order valence-corrected chi connectivity index (χ1v) is 18.9. The zero-order valence-electron chi connectivity index (χ0n) is 31.8. The first-order valence-electron chi connectivity index (χ1n) is 17.2. The molecule has 0 saturated heterocycles. The van der Waals surface area contributed by atoms with E-state index in [-0.39, 0.29) is 35.6 Å². The number of allylic oxidation sites excluding steroid dienone is 4. The molecule has 3 aromatic rings. The van der Waals surface area contributed by atoms with Gasteiger partial charge in [-0.1, -0.05) is 129 Å². The Hall–Kier alpha value is -1.53. The maximum atomic E-state index is 3.69. The molecule has 0 amide bonds. The van der Waals surface area contributed by atoms with Gasteiger partial charge in [-0.05, 0) is 35.4 Å². The summed E-state index contributed by atoms with van der Waals surface area (Å²) in [6, 6.07) is 23.4. The predicted molar refractivity (Wildman–Crippen MR) is 215 cm³/mol. The van der Waals surface area contributed by atoms with Crippen LogP contribution in [0.5, 0.6) is 0 Å². The van der Waals surface area contributed by atoms with Gasteiger partial charge in [0.05, 0.1) is 0 Å². The maximum Gasteiger partial charge on any atom is -0.171 e. The summed E-state index contributed by atoms with van der Waals surface area (Å²) >= 11 is 1.30. The summed E-state index contributed by atoms with van der Waals surface area (Å²) in [4.78, 5) is 0. The molecule has 0 nitrogen and oxygen atoms in total. The van der Waals surface area contributed by atoms with Gasteiger partial charge in [-0.3, -0.25) is 6.08 Å². The Morgan fingerprint density at radius 1 is 0.812 bits per heavy atom. The van der Waals surface area contributed by atoms with Gasteiger partial charge < -0.3 is 6.92 Å². The van der Waals surface area contributed by atoms with Crippen molar-refractivity contribution in [2.24, 2.45) is 11.3 Å². The number of rotatable bonds is 1. The third-order valence-corrected chi connectivity index (χ3v) is 9.27. The maximum absolute atomic E-state index is 3.69. The fourth-order valence-corrected chi connectivity index (χ4v) is 6.95. The summed E-state index contributed by atoms with van der Waals surface area (Å²) in [7, 11) is 0. The van der Waals surface area contributed by atoms with Gasteiger partial charge in [0.25, 0.3) is 0 Å². The summed E-state index contributed by atoms with van der Waals surface area (Å²) in [6.45, 7) is 27.9. The van der Waals surface area contributed by atoms with Crippen LogP contribution >= 0.6 is 24.8 Å². The molecular weight excluding hydrogens is 703 g/mol. The second kappa shape index (κ2) is 21.0. The van der Waals surface area contributed by atoms with E-state index in [4.69, 9.17) is 0 Å². The zero-order valence-corrected chi connectivity index (χ0v) is 35.9. The van der Waals surface area contributed by atoms with Crippen molar-refractivity contribution in [2.75, 3.05) is 0 Å². The molecule has 3 aromatic carbocycles. The van der Waals surface area contributed by atoms with Gasteiger partial charge in [-0.25, -0.2) is 6.08 Å². The topological polar surface area (TPSA) is 0 Å². The average molecular weight is 765 g/mol. The van der Waals surface area contributed by atoms with Gasteiger partial charge in [0.1, 0.15) is 0 Å². The number of benzene rings is 3. The fourth-order valence-electron chi connectivity index (χ4n) is 6.95. The zero-order chi connectivity index (χ0) is 34.7. The molecule has 48 heavy (non-hydrogen) atoms. The molecule has 264 valence electrons. The summed E-state index contributed by atoms with van der Waals surface area (Å²) < 4.78 is 3.34. The van der Waals surface area contributed by atoms with Crippen molar-refractivity contribution in [1.29, 1.82) is 0 Å². The van der Waals surface area contributed by atoms with Gasteiger partial charge in [0.15, 0.2) is 0 Å². The normalized spacial score (nSPS) is 16.5. The molecule has 6 rings (SSSR count). The van der Waals surface area contributed by atoms with E-state index >= 15 is 0 Å². The molecule has 1 fully saturated rings. The molecule has 0 heterocycles. The second-order valence-electron chi connectivity index (χ2n) is 15.1. The van der Waals surface area contributed by atoms with E-state index in [0.717, 1.165) is 6.42 Å². The Balaban J connectivity index is 0.000000746. The molecule has 0 spiro atoms. The molecular formula is C45H62Cl2Zr-4. The van der Waals surface area contributed by atoms with Crippen LogP contribution in [0.3, 0.4) is 0 Å². The third kappa shape index (κ3) is 12.7. The van der Waals surface area contributed by atoms with Crippen LogP contribution in [0.2, 0.25) is 0 Å². The van der Waals surface area contributed by atoms with Crippen LogP contribution in [0.15, 0.2) is 66.3 Å². The van der Waals surface area contributed by atoms with Crippen molar-refractivity contribution >= 4 is 29.0 Å². The first kappa shape index (κ1) is 46.5. The van der Waals surface area contributed by atoms with Crippen LogP contribution in [0.25, 0.3) is 11.1 Å². The smallest absolute Gasteiger partial charge is 0.171 e. The van der Waals surface area contributed by atoms with E-state index < -0.39 is 0 Å². The Labute approximate surface area is 323 Å². The molecule has 0 radical (unpaired) electrons. The van der Waals surface area contributed by atoms with E-state index in [9.17, 15) is 0 Å². The molecule has 3 aliphatic rings. The van der Waals surface area contributed by atoms with Gasteiger partial charge in [-0.2, -0.15) is 72.7 Å². The first-order chi connectivity index (χ1) is 21.7. The third-order valence-electron chi connectivity index (χ3n) is 9.27. The summed E-state index contributed by atoms with van der Waals surface area (Å²) in [5.41, 5.74) is 13.6. The van der Waals surface area contributed by atoms with Gasteiger partial charge in [0, 0.05) is 0 Å². The molecule has 1 saturated carbocycles. The average Bonchev–Trinajstić information content (AvgIpc) is 3.62. The molecule has 1 atom stereocenters. The fraction of sp³-hybridized carbons (Fsp3) is 0.467. The molecule has 3 heteroatoms. The van der Waals surface area contributed by atoms with E-state index in [1.54, 1.807) is 12.5 Å². The SMILES string of the molecule is CC1[C-]=CC(C2(C)CCCCC2)=C1.Cc1[c-]c2c(cc1C(C)(C)C)-c1cc(C(C)(C)C)c(C)cc1C2.Cl.Cl.[CH2-]C.[CH2]=[Zr].[c-]1ccccc1. The van der Waals surface area contributed by atoms with Crippen LogP contribution in [0.4, 0.5) is 0 Å². The number of fused-ring (bicyclic) bond motifs is 3. The van der Waals surface area contributed by atoms with Crippen molar-refractivity contribution < 1.29 is 24.2 Å². The van der Waals surface area contributed by atoms with Gasteiger partial charge in [0.2, 0.25) is 0 Å². The van der Waals surface area contributed by atoms with Crippen LogP contribution in [-0.4, -0.2) is 4.21 Å². The summed E-state index contributed by atoms with van der Waals surface area (Å²) in [5, 5.41) is 0. The van der Waals surface area contributed by atoms with Gasteiger partial charge in [-0.15, -0.1) is 41.5 Å². The predicted octanol–water partition coefficient (Wildman–Crippen LogP) is 13.3. The Kier molecular flexibility index (Phi) is 20.3. The Morgan fingerprint density at radius 2 is 1.35 bits per heavy atom. The Morgan fingerprint density at radius 3 is 1.79 bits per heavy atom. The summed E-state index contributed by atoms with van der Waals surface area (Å²) in [6.07, 6.45) is 16.0. The molecule has 0 N–H and O–H groups in total. The van der Waals surface area contributed by atoms with E-state index in [1.165, 1.54) is 101 Å². The molecule has 1 unspecified atom stereocenters. The number of hydrogen-bond donors (Lipinski definition) is 0. The molecule has 3 aliphatic carbocycles. The number of hydrogen-bond acceptors (Lipinski definition) is 0. The largest absolute Gasteiger partial charge is 0.184 e. The van der Waals surface area contributed by atoms with Crippen LogP contribution in [-0.2, 0) is 41.5 Å². The molecule has 0 aromatic heterocycles. The van der Waals surface area contributed by atoms with Crippen molar-refractivity contribution in [2.45, 2.75) is 126 Å². The second-order valence-corrected chi connectivity index (χ2v) is 15.1. The van der Waals surface area contributed by atoms with Gasteiger partial charge >= 0.3 is 28.4 Å². The van der Waals surface area contributed by atoms with Crippen LogP contribution in [0.1, 0.15) is 128 Å². The minimum Gasteiger partial charge on any atom is -0.184 e. The molecule has 0 aliphatic heterocycles. The van der Waals surface area contributed by atoms with Crippen LogP contribution in [0, 0.1) is 50.3 Å².